The minimum absolute atomic E-state index is 0.0809. The topological polar surface area (TPSA) is 79.4 Å². The predicted molar refractivity (Wildman–Crippen MR) is 80.6 cm³/mol. The smallest absolute Gasteiger partial charge is 0.220 e. The standard InChI is InChI=1S/C14H15FN6/c15-21(9-13-17-7-8-18-13)12-4-2-1-3-10(12)11-5-6-19-14(16)20-11/h1-6H,7-9H2,(H,17,18)(H2,16,19,20). The van der Waals surface area contributed by atoms with Crippen molar-refractivity contribution in [3.05, 3.63) is 36.5 Å². The SMILES string of the molecule is Nc1nccc(-c2ccccc2N(F)CC2=NCCN2)n1. The zero-order valence-corrected chi connectivity index (χ0v) is 11.3. The number of para-hydroxylation sites is 1. The number of nitrogen functional groups attached to an aromatic ring is 1. The van der Waals surface area contributed by atoms with Crippen LogP contribution in [0.5, 0.6) is 0 Å². The van der Waals surface area contributed by atoms with Crippen molar-refractivity contribution in [2.75, 3.05) is 30.5 Å². The molecule has 1 aromatic heterocycles. The van der Waals surface area contributed by atoms with E-state index in [1.807, 2.05) is 6.07 Å². The highest BCUT2D eigenvalue weighted by Crippen LogP contribution is 2.29. The fourth-order valence-corrected chi connectivity index (χ4v) is 2.20. The number of rotatable bonds is 4. The molecule has 0 radical (unpaired) electrons. The summed E-state index contributed by atoms with van der Waals surface area (Å²) in [5, 5.41) is 3.71. The molecule has 2 heterocycles. The van der Waals surface area contributed by atoms with Crippen LogP contribution in [0.4, 0.5) is 16.1 Å². The first-order valence-electron chi connectivity index (χ1n) is 6.62. The third-order valence-corrected chi connectivity index (χ3v) is 3.15. The maximum atomic E-state index is 14.5. The van der Waals surface area contributed by atoms with E-state index in [9.17, 15) is 4.48 Å². The van der Waals surface area contributed by atoms with E-state index in [1.165, 1.54) is 0 Å². The highest BCUT2D eigenvalue weighted by molar-refractivity contribution is 5.89. The Bertz CT molecular complexity index is 672. The molecule has 0 atom stereocenters. The number of benzene rings is 1. The van der Waals surface area contributed by atoms with Crippen LogP contribution < -0.4 is 16.2 Å². The monoisotopic (exact) mass is 286 g/mol. The van der Waals surface area contributed by atoms with Crippen LogP contribution in [-0.4, -0.2) is 35.4 Å². The molecule has 21 heavy (non-hydrogen) atoms. The number of aromatic nitrogens is 2. The zero-order chi connectivity index (χ0) is 14.7. The first-order valence-corrected chi connectivity index (χ1v) is 6.62. The van der Waals surface area contributed by atoms with Gasteiger partial charge in [-0.05, 0) is 12.1 Å². The number of halogens is 1. The van der Waals surface area contributed by atoms with E-state index in [0.29, 0.717) is 34.4 Å². The lowest BCUT2D eigenvalue weighted by molar-refractivity contribution is 0.460. The van der Waals surface area contributed by atoms with Crippen LogP contribution >= 0.6 is 0 Å². The third-order valence-electron chi connectivity index (χ3n) is 3.15. The van der Waals surface area contributed by atoms with Crippen molar-refractivity contribution in [1.29, 1.82) is 0 Å². The first kappa shape index (κ1) is 13.3. The largest absolute Gasteiger partial charge is 0.370 e. The van der Waals surface area contributed by atoms with Crippen LogP contribution in [0.1, 0.15) is 0 Å². The van der Waals surface area contributed by atoms with Crippen LogP contribution in [0.3, 0.4) is 0 Å². The van der Waals surface area contributed by atoms with Crippen LogP contribution in [0.2, 0.25) is 0 Å². The van der Waals surface area contributed by atoms with Crippen molar-refractivity contribution in [1.82, 2.24) is 15.3 Å². The minimum Gasteiger partial charge on any atom is -0.370 e. The Balaban J connectivity index is 1.92. The Labute approximate surface area is 121 Å². The Morgan fingerprint density at radius 2 is 2.14 bits per heavy atom. The first-order chi connectivity index (χ1) is 10.2. The molecule has 1 aromatic carbocycles. The summed E-state index contributed by atoms with van der Waals surface area (Å²) in [5.41, 5.74) is 7.26. The molecule has 1 aliphatic rings. The molecule has 0 spiro atoms. The molecule has 0 saturated carbocycles. The highest BCUT2D eigenvalue weighted by atomic mass is 19.2. The van der Waals surface area contributed by atoms with Crippen molar-refractivity contribution in [3.63, 3.8) is 0 Å². The van der Waals surface area contributed by atoms with Gasteiger partial charge in [0.15, 0.2) is 0 Å². The summed E-state index contributed by atoms with van der Waals surface area (Å²) < 4.78 is 14.5. The van der Waals surface area contributed by atoms with Crippen LogP contribution in [0, 0.1) is 0 Å². The van der Waals surface area contributed by atoms with Crippen molar-refractivity contribution in [3.8, 4) is 11.3 Å². The van der Waals surface area contributed by atoms with Gasteiger partial charge >= 0.3 is 0 Å². The molecule has 0 unspecified atom stereocenters. The summed E-state index contributed by atoms with van der Waals surface area (Å²) >= 11 is 0. The Morgan fingerprint density at radius 3 is 2.90 bits per heavy atom. The number of nitrogens with one attached hydrogen (secondary N) is 1. The molecule has 0 bridgehead atoms. The molecule has 2 aromatic rings. The van der Waals surface area contributed by atoms with E-state index in [0.717, 1.165) is 6.54 Å². The molecule has 0 aliphatic carbocycles. The molecule has 7 heteroatoms. The molecule has 3 N–H and O–H groups in total. The maximum Gasteiger partial charge on any atom is 0.220 e. The highest BCUT2D eigenvalue weighted by Gasteiger charge is 2.16. The number of hydrogen-bond donors (Lipinski definition) is 2. The van der Waals surface area contributed by atoms with E-state index in [1.54, 1.807) is 30.5 Å². The second-order valence-electron chi connectivity index (χ2n) is 4.59. The summed E-state index contributed by atoms with van der Waals surface area (Å²) in [6, 6.07) is 8.81. The Morgan fingerprint density at radius 1 is 1.29 bits per heavy atom. The van der Waals surface area contributed by atoms with Gasteiger partial charge in [0.1, 0.15) is 12.4 Å². The van der Waals surface area contributed by atoms with Crippen molar-refractivity contribution < 1.29 is 4.48 Å². The van der Waals surface area contributed by atoms with Gasteiger partial charge in [-0.25, -0.2) is 15.1 Å². The van der Waals surface area contributed by atoms with Gasteiger partial charge in [0, 0.05) is 18.3 Å². The van der Waals surface area contributed by atoms with Gasteiger partial charge < -0.3 is 11.1 Å². The molecule has 0 amide bonds. The molecule has 6 nitrogen and oxygen atoms in total. The minimum atomic E-state index is 0.0809. The summed E-state index contributed by atoms with van der Waals surface area (Å²) in [6.07, 6.45) is 1.56. The number of aliphatic imine (C=N–C) groups is 1. The lowest BCUT2D eigenvalue weighted by Gasteiger charge is -2.17. The summed E-state index contributed by atoms with van der Waals surface area (Å²) in [4.78, 5) is 12.2. The lowest BCUT2D eigenvalue weighted by Crippen LogP contribution is -2.30. The van der Waals surface area contributed by atoms with Crippen molar-refractivity contribution in [2.45, 2.75) is 0 Å². The van der Waals surface area contributed by atoms with E-state index in [-0.39, 0.29) is 12.5 Å². The van der Waals surface area contributed by atoms with E-state index >= 15 is 0 Å². The summed E-state index contributed by atoms with van der Waals surface area (Å²) in [5.74, 6) is 0.809. The van der Waals surface area contributed by atoms with Gasteiger partial charge in [0.25, 0.3) is 0 Å². The number of nitrogens with two attached hydrogens (primary N) is 1. The Kier molecular flexibility index (Phi) is 3.63. The molecule has 3 rings (SSSR count). The quantitative estimate of drug-likeness (QED) is 0.831. The normalized spacial score (nSPS) is 13.7. The van der Waals surface area contributed by atoms with E-state index < -0.39 is 0 Å². The van der Waals surface area contributed by atoms with E-state index in [2.05, 4.69) is 20.3 Å². The van der Waals surface area contributed by atoms with Crippen LogP contribution in [0.25, 0.3) is 11.3 Å². The average molecular weight is 286 g/mol. The molecule has 108 valence electrons. The van der Waals surface area contributed by atoms with Gasteiger partial charge in [0.05, 0.1) is 17.9 Å². The number of anilines is 2. The van der Waals surface area contributed by atoms with Crippen LogP contribution in [0.15, 0.2) is 41.5 Å². The number of nitrogens with zero attached hydrogens (tertiary/aromatic N) is 4. The fraction of sp³-hybridized carbons (Fsp3) is 0.214. The maximum absolute atomic E-state index is 14.5. The number of hydrogen-bond acceptors (Lipinski definition) is 6. The molecular formula is C14H15FN6. The van der Waals surface area contributed by atoms with Crippen molar-refractivity contribution >= 4 is 17.5 Å². The Hall–Kier alpha value is -2.70. The van der Waals surface area contributed by atoms with Gasteiger partial charge in [0.2, 0.25) is 5.95 Å². The predicted octanol–water partition coefficient (Wildman–Crippen LogP) is 1.42. The molecular weight excluding hydrogens is 271 g/mol. The van der Waals surface area contributed by atoms with Gasteiger partial charge in [-0.1, -0.05) is 22.7 Å². The molecule has 0 fully saturated rings. The lowest BCUT2D eigenvalue weighted by atomic mass is 10.1. The van der Waals surface area contributed by atoms with Crippen LogP contribution in [-0.2, 0) is 0 Å². The zero-order valence-electron chi connectivity index (χ0n) is 11.3. The fourth-order valence-electron chi connectivity index (χ4n) is 2.20. The van der Waals surface area contributed by atoms with Crippen molar-refractivity contribution in [2.24, 2.45) is 4.99 Å². The second kappa shape index (κ2) is 5.74. The average Bonchev–Trinajstić information content (AvgIpc) is 3.00. The van der Waals surface area contributed by atoms with Gasteiger partial charge in [-0.15, -0.1) is 0 Å². The van der Waals surface area contributed by atoms with Gasteiger partial charge in [-0.2, -0.15) is 0 Å². The third kappa shape index (κ3) is 2.91. The van der Waals surface area contributed by atoms with E-state index in [4.69, 9.17) is 5.73 Å². The second-order valence-corrected chi connectivity index (χ2v) is 4.59. The summed E-state index contributed by atoms with van der Waals surface area (Å²) in [6.45, 7) is 1.53. The van der Waals surface area contributed by atoms with Gasteiger partial charge in [-0.3, -0.25) is 4.99 Å². The molecule has 0 saturated heterocycles. The number of amidine groups is 1. The molecule has 1 aliphatic heterocycles. The summed E-state index contributed by atoms with van der Waals surface area (Å²) in [7, 11) is 0.